The van der Waals surface area contributed by atoms with Gasteiger partial charge in [-0.25, -0.2) is 13.9 Å². The minimum atomic E-state index is -0.333. The fraction of sp³-hybridized carbons (Fsp3) is 0.0400. The predicted molar refractivity (Wildman–Crippen MR) is 119 cm³/mol. The summed E-state index contributed by atoms with van der Waals surface area (Å²) in [6, 6.07) is 22.9. The molecule has 0 aliphatic heterocycles. The Kier molecular flexibility index (Phi) is 5.13. The van der Waals surface area contributed by atoms with Crippen molar-refractivity contribution in [1.29, 1.82) is 0 Å². The molecule has 7 heteroatoms. The van der Waals surface area contributed by atoms with E-state index in [1.54, 1.807) is 30.6 Å². The first-order valence-electron chi connectivity index (χ1n) is 10.1. The summed E-state index contributed by atoms with van der Waals surface area (Å²) in [5.41, 5.74) is 4.70. The van der Waals surface area contributed by atoms with Gasteiger partial charge < -0.3 is 5.32 Å². The number of carbonyl (C=O) groups is 1. The molecule has 6 nitrogen and oxygen atoms in total. The Bertz CT molecular complexity index is 1380. The molecule has 0 bridgehead atoms. The van der Waals surface area contributed by atoms with Crippen LogP contribution in [0.1, 0.15) is 16.1 Å². The highest BCUT2D eigenvalue weighted by Crippen LogP contribution is 2.24. The number of fused-ring (bicyclic) bond motifs is 1. The fourth-order valence-electron chi connectivity index (χ4n) is 3.43. The van der Waals surface area contributed by atoms with Crippen LogP contribution in [-0.4, -0.2) is 25.5 Å². The lowest BCUT2D eigenvalue weighted by Crippen LogP contribution is -2.25. The molecule has 0 aliphatic carbocycles. The molecule has 0 aliphatic rings. The van der Waals surface area contributed by atoms with E-state index in [1.165, 1.54) is 16.6 Å². The summed E-state index contributed by atoms with van der Waals surface area (Å²) in [5, 5.41) is 7.56. The zero-order chi connectivity index (χ0) is 21.9. The van der Waals surface area contributed by atoms with Gasteiger partial charge in [-0.1, -0.05) is 30.3 Å². The topological polar surface area (TPSA) is 72.2 Å². The van der Waals surface area contributed by atoms with Crippen LogP contribution in [0.2, 0.25) is 0 Å². The molecule has 2 aromatic carbocycles. The van der Waals surface area contributed by atoms with Gasteiger partial charge in [0.1, 0.15) is 11.5 Å². The van der Waals surface area contributed by atoms with Gasteiger partial charge in [-0.15, -0.1) is 0 Å². The monoisotopic (exact) mass is 423 g/mol. The molecule has 0 unspecified atom stereocenters. The Morgan fingerprint density at radius 3 is 2.34 bits per heavy atom. The molecular formula is C25H18FN5O. The zero-order valence-corrected chi connectivity index (χ0v) is 16.9. The number of amides is 1. The molecule has 0 atom stereocenters. The second-order valence-corrected chi connectivity index (χ2v) is 7.24. The second kappa shape index (κ2) is 8.39. The molecule has 32 heavy (non-hydrogen) atoms. The molecule has 1 amide bonds. The molecule has 0 spiro atoms. The van der Waals surface area contributed by atoms with Crippen LogP contribution in [-0.2, 0) is 6.54 Å². The number of rotatable bonds is 5. The minimum Gasteiger partial charge on any atom is -0.347 e. The molecule has 0 saturated carbocycles. The van der Waals surface area contributed by atoms with Crippen molar-refractivity contribution in [1.82, 2.24) is 24.9 Å². The zero-order valence-electron chi connectivity index (χ0n) is 16.9. The van der Waals surface area contributed by atoms with Crippen molar-refractivity contribution in [2.24, 2.45) is 0 Å². The van der Waals surface area contributed by atoms with Crippen LogP contribution >= 0.6 is 0 Å². The number of pyridine rings is 1. The van der Waals surface area contributed by atoms with E-state index >= 15 is 0 Å². The normalized spacial score (nSPS) is 10.9. The van der Waals surface area contributed by atoms with Gasteiger partial charge in [0.05, 0.1) is 11.4 Å². The van der Waals surface area contributed by atoms with E-state index in [2.05, 4.69) is 20.4 Å². The first kappa shape index (κ1) is 19.6. The van der Waals surface area contributed by atoms with Crippen LogP contribution < -0.4 is 5.32 Å². The number of carbonyl (C=O) groups excluding carboxylic acids is 1. The van der Waals surface area contributed by atoms with Crippen molar-refractivity contribution in [3.05, 3.63) is 108 Å². The van der Waals surface area contributed by atoms with E-state index in [0.29, 0.717) is 34.8 Å². The summed E-state index contributed by atoms with van der Waals surface area (Å²) in [6.07, 6.45) is 3.36. The van der Waals surface area contributed by atoms with E-state index in [1.807, 2.05) is 48.5 Å². The van der Waals surface area contributed by atoms with Crippen molar-refractivity contribution in [3.63, 3.8) is 0 Å². The Morgan fingerprint density at radius 1 is 0.875 bits per heavy atom. The van der Waals surface area contributed by atoms with E-state index in [0.717, 1.165) is 11.1 Å². The third-order valence-corrected chi connectivity index (χ3v) is 5.07. The summed E-state index contributed by atoms with van der Waals surface area (Å²) in [4.78, 5) is 21.8. The lowest BCUT2D eigenvalue weighted by Gasteiger charge is -2.09. The standard InChI is InChI=1S/C25H18FN5O/c26-20-8-6-19(7-9-20)21-14-23(25(32)28-16-17-10-12-27-13-11-17)31-24(29-21)15-22(30-31)18-4-2-1-3-5-18/h1-15H,16H2,(H,28,32). The summed E-state index contributed by atoms with van der Waals surface area (Å²) < 4.78 is 15.0. The van der Waals surface area contributed by atoms with Crippen LogP contribution in [0.25, 0.3) is 28.2 Å². The van der Waals surface area contributed by atoms with Gasteiger partial charge in [0.2, 0.25) is 0 Å². The van der Waals surface area contributed by atoms with Crippen molar-refractivity contribution >= 4 is 11.6 Å². The van der Waals surface area contributed by atoms with Gasteiger partial charge in [-0.2, -0.15) is 5.10 Å². The summed E-state index contributed by atoms with van der Waals surface area (Å²) in [7, 11) is 0. The minimum absolute atomic E-state index is 0.291. The molecule has 156 valence electrons. The van der Waals surface area contributed by atoms with E-state index in [-0.39, 0.29) is 11.7 Å². The second-order valence-electron chi connectivity index (χ2n) is 7.24. The largest absolute Gasteiger partial charge is 0.347 e. The number of nitrogens with one attached hydrogen (secondary N) is 1. The number of hydrogen-bond acceptors (Lipinski definition) is 4. The quantitative estimate of drug-likeness (QED) is 0.451. The number of halogens is 1. The van der Waals surface area contributed by atoms with Crippen LogP contribution in [0.15, 0.2) is 91.3 Å². The maximum atomic E-state index is 13.4. The molecule has 0 radical (unpaired) electrons. The first-order chi connectivity index (χ1) is 15.7. The maximum absolute atomic E-state index is 13.4. The average Bonchev–Trinajstić information content (AvgIpc) is 3.28. The van der Waals surface area contributed by atoms with Crippen molar-refractivity contribution in [2.75, 3.05) is 0 Å². The SMILES string of the molecule is O=C(NCc1ccncc1)c1cc(-c2ccc(F)cc2)nc2cc(-c3ccccc3)nn12. The summed E-state index contributed by atoms with van der Waals surface area (Å²) in [5.74, 6) is -0.624. The number of benzene rings is 2. The summed E-state index contributed by atoms with van der Waals surface area (Å²) >= 11 is 0. The number of nitrogens with zero attached hydrogens (tertiary/aromatic N) is 4. The van der Waals surface area contributed by atoms with Gasteiger partial charge in [-0.05, 0) is 48.0 Å². The first-order valence-corrected chi connectivity index (χ1v) is 10.1. The molecule has 0 fully saturated rings. The smallest absolute Gasteiger partial charge is 0.270 e. The van der Waals surface area contributed by atoms with E-state index in [4.69, 9.17) is 0 Å². The van der Waals surface area contributed by atoms with Crippen LogP contribution in [0.5, 0.6) is 0 Å². The fourth-order valence-corrected chi connectivity index (χ4v) is 3.43. The van der Waals surface area contributed by atoms with Crippen molar-refractivity contribution < 1.29 is 9.18 Å². The van der Waals surface area contributed by atoms with Crippen molar-refractivity contribution in [3.8, 4) is 22.5 Å². The average molecular weight is 423 g/mol. The van der Waals surface area contributed by atoms with Gasteiger partial charge >= 0.3 is 0 Å². The van der Waals surface area contributed by atoms with E-state index in [9.17, 15) is 9.18 Å². The lowest BCUT2D eigenvalue weighted by atomic mass is 10.1. The lowest BCUT2D eigenvalue weighted by molar-refractivity contribution is 0.0943. The summed E-state index contributed by atoms with van der Waals surface area (Å²) in [6.45, 7) is 0.351. The maximum Gasteiger partial charge on any atom is 0.270 e. The Morgan fingerprint density at radius 2 is 1.59 bits per heavy atom. The highest BCUT2D eigenvalue weighted by atomic mass is 19.1. The van der Waals surface area contributed by atoms with Crippen LogP contribution in [0.4, 0.5) is 4.39 Å². The molecule has 1 N–H and O–H groups in total. The highest BCUT2D eigenvalue weighted by Gasteiger charge is 2.17. The molecule has 3 aromatic heterocycles. The molecule has 5 rings (SSSR count). The van der Waals surface area contributed by atoms with Gasteiger partial charge in [-0.3, -0.25) is 9.78 Å². The van der Waals surface area contributed by atoms with Gasteiger partial charge in [0.25, 0.3) is 5.91 Å². The number of aromatic nitrogens is 4. The molecule has 0 saturated heterocycles. The molecule has 5 aromatic rings. The van der Waals surface area contributed by atoms with Gasteiger partial charge in [0.15, 0.2) is 5.65 Å². The predicted octanol–water partition coefficient (Wildman–Crippen LogP) is 4.53. The molecular weight excluding hydrogens is 405 g/mol. The molecule has 3 heterocycles. The number of hydrogen-bond donors (Lipinski definition) is 1. The Hall–Kier alpha value is -4.39. The van der Waals surface area contributed by atoms with Gasteiger partial charge in [0, 0.05) is 36.1 Å². The van der Waals surface area contributed by atoms with Crippen LogP contribution in [0, 0.1) is 5.82 Å². The Labute approximate surface area is 183 Å². The highest BCUT2D eigenvalue weighted by molar-refractivity contribution is 5.94. The van der Waals surface area contributed by atoms with E-state index < -0.39 is 0 Å². The Balaban J connectivity index is 1.58. The van der Waals surface area contributed by atoms with Crippen molar-refractivity contribution in [2.45, 2.75) is 6.54 Å². The van der Waals surface area contributed by atoms with Crippen LogP contribution in [0.3, 0.4) is 0 Å². The third-order valence-electron chi connectivity index (χ3n) is 5.07. The third kappa shape index (κ3) is 3.96.